The van der Waals surface area contributed by atoms with Crippen LogP contribution in [-0.4, -0.2) is 46.6 Å². The molecule has 154 valence electrons. The van der Waals surface area contributed by atoms with E-state index in [0.29, 0.717) is 6.42 Å². The van der Waals surface area contributed by atoms with Gasteiger partial charge in [-0.25, -0.2) is 31.0 Å². The summed E-state index contributed by atoms with van der Waals surface area (Å²) in [6.45, 7) is 1.56. The third-order valence-electron chi connectivity index (χ3n) is 4.93. The normalized spacial score (nSPS) is 18.2. The molecule has 0 amide bonds. The zero-order valence-corrected chi connectivity index (χ0v) is 16.2. The zero-order chi connectivity index (χ0) is 20.7. The summed E-state index contributed by atoms with van der Waals surface area (Å²) in [6, 6.07) is 1.72. The topological polar surface area (TPSA) is 79.0 Å². The van der Waals surface area contributed by atoms with E-state index >= 15 is 0 Å². The van der Waals surface area contributed by atoms with Gasteiger partial charge in [0.1, 0.15) is 23.8 Å². The van der Waals surface area contributed by atoms with Gasteiger partial charge in [0, 0.05) is 37.1 Å². The van der Waals surface area contributed by atoms with Crippen LogP contribution >= 0.6 is 0 Å². The Morgan fingerprint density at radius 1 is 1.21 bits per heavy atom. The van der Waals surface area contributed by atoms with Crippen LogP contribution in [0.25, 0.3) is 0 Å². The van der Waals surface area contributed by atoms with E-state index in [-0.39, 0.29) is 30.0 Å². The monoisotopic (exact) mass is 420 g/mol. The lowest BCUT2D eigenvalue weighted by Gasteiger charge is -2.46. The van der Waals surface area contributed by atoms with Gasteiger partial charge in [-0.1, -0.05) is 6.92 Å². The van der Waals surface area contributed by atoms with Gasteiger partial charge in [-0.3, -0.25) is 5.10 Å². The van der Waals surface area contributed by atoms with Crippen LogP contribution in [0.15, 0.2) is 18.5 Å². The maximum atomic E-state index is 14.9. The molecule has 1 aliphatic rings. The molecule has 1 saturated carbocycles. The van der Waals surface area contributed by atoms with E-state index in [9.17, 15) is 26.0 Å². The summed E-state index contributed by atoms with van der Waals surface area (Å²) in [5, 5.41) is 6.10. The second kappa shape index (κ2) is 7.11. The molecule has 0 spiro atoms. The van der Waals surface area contributed by atoms with Crippen molar-refractivity contribution in [2.75, 3.05) is 12.8 Å². The number of nitrogens with one attached hydrogen (secondary N) is 1. The predicted molar refractivity (Wildman–Crippen MR) is 93.2 cm³/mol. The summed E-state index contributed by atoms with van der Waals surface area (Å²) in [7, 11) is -3.62. The highest BCUT2D eigenvalue weighted by Crippen LogP contribution is 2.56. The number of alkyl halides is 2. The van der Waals surface area contributed by atoms with E-state index in [1.54, 1.807) is 6.92 Å². The van der Waals surface area contributed by atoms with E-state index in [0.717, 1.165) is 29.0 Å². The van der Waals surface area contributed by atoms with Gasteiger partial charge in [0.25, 0.3) is 5.92 Å². The molecule has 0 atom stereocenters. The van der Waals surface area contributed by atoms with Gasteiger partial charge in [0.15, 0.2) is 0 Å². The average Bonchev–Trinajstić information content (AvgIpc) is 3.08. The molecule has 1 aromatic heterocycles. The Morgan fingerprint density at radius 3 is 2.39 bits per heavy atom. The van der Waals surface area contributed by atoms with Crippen molar-refractivity contribution in [3.05, 3.63) is 47.0 Å². The van der Waals surface area contributed by atoms with Crippen molar-refractivity contribution in [3.63, 3.8) is 0 Å². The van der Waals surface area contributed by atoms with Gasteiger partial charge in [0.05, 0.1) is 11.7 Å². The first-order valence-electron chi connectivity index (χ1n) is 8.66. The maximum absolute atomic E-state index is 14.9. The van der Waals surface area contributed by atoms with Crippen molar-refractivity contribution >= 4 is 10.0 Å². The fourth-order valence-electron chi connectivity index (χ4n) is 3.63. The molecule has 1 aliphatic carbocycles. The van der Waals surface area contributed by atoms with E-state index in [2.05, 4.69) is 15.2 Å². The van der Waals surface area contributed by atoms with Crippen molar-refractivity contribution < 1.29 is 26.0 Å². The average molecular weight is 420 g/mol. The second-order valence-electron chi connectivity index (χ2n) is 7.15. The number of aromatic amines is 1. The molecule has 1 N–H and O–H groups in total. The Labute approximate surface area is 160 Å². The van der Waals surface area contributed by atoms with Crippen LogP contribution in [0.5, 0.6) is 0 Å². The molecule has 11 heteroatoms. The third-order valence-corrected chi connectivity index (χ3v) is 6.18. The first-order chi connectivity index (χ1) is 13.0. The summed E-state index contributed by atoms with van der Waals surface area (Å²) in [6.07, 6.45) is 1.15. The molecule has 3 rings (SSSR count). The highest BCUT2D eigenvalue weighted by molar-refractivity contribution is 7.88. The van der Waals surface area contributed by atoms with Crippen LogP contribution < -0.4 is 0 Å². The van der Waals surface area contributed by atoms with Crippen molar-refractivity contribution in [2.24, 2.45) is 0 Å². The lowest BCUT2D eigenvalue weighted by atomic mass is 9.61. The highest BCUT2D eigenvalue weighted by atomic mass is 32.2. The standard InChI is InChI=1S/C17H20F4N4O2S/c1-3-4-25(28(2,26)27)7-11-5-14(19)12(6-13(11)18)16(8-17(20,21)9-16)15-22-10-23-24-15/h5-6,10H,3-4,7-9H2,1-2H3,(H,22,23,24). The smallest absolute Gasteiger partial charge is 0.250 e. The third kappa shape index (κ3) is 3.77. The Morgan fingerprint density at radius 2 is 1.89 bits per heavy atom. The van der Waals surface area contributed by atoms with Gasteiger partial charge >= 0.3 is 0 Å². The van der Waals surface area contributed by atoms with Crippen molar-refractivity contribution in [3.8, 4) is 0 Å². The number of benzene rings is 1. The van der Waals surface area contributed by atoms with E-state index in [1.165, 1.54) is 0 Å². The molecule has 28 heavy (non-hydrogen) atoms. The number of halogens is 4. The quantitative estimate of drug-likeness (QED) is 0.699. The van der Waals surface area contributed by atoms with Crippen molar-refractivity contribution in [2.45, 2.75) is 44.1 Å². The highest BCUT2D eigenvalue weighted by Gasteiger charge is 2.61. The predicted octanol–water partition coefficient (Wildman–Crippen LogP) is 2.97. The fourth-order valence-corrected chi connectivity index (χ4v) is 4.52. The first kappa shape index (κ1) is 20.7. The molecular weight excluding hydrogens is 400 g/mol. The Balaban J connectivity index is 2.00. The largest absolute Gasteiger partial charge is 0.263 e. The van der Waals surface area contributed by atoms with Gasteiger partial charge in [-0.05, 0) is 18.6 Å². The van der Waals surface area contributed by atoms with Crippen LogP contribution in [0, 0.1) is 11.6 Å². The molecule has 1 fully saturated rings. The number of rotatable bonds is 7. The van der Waals surface area contributed by atoms with Crippen LogP contribution in [0.3, 0.4) is 0 Å². The van der Waals surface area contributed by atoms with Crippen molar-refractivity contribution in [1.82, 2.24) is 19.5 Å². The Hall–Kier alpha value is -2.01. The van der Waals surface area contributed by atoms with E-state index in [4.69, 9.17) is 0 Å². The molecule has 0 bridgehead atoms. The summed E-state index contributed by atoms with van der Waals surface area (Å²) in [4.78, 5) is 3.87. The van der Waals surface area contributed by atoms with Gasteiger partial charge < -0.3 is 0 Å². The number of hydrogen-bond donors (Lipinski definition) is 1. The molecule has 1 heterocycles. The van der Waals surface area contributed by atoms with E-state index < -0.39 is 45.8 Å². The molecule has 0 saturated heterocycles. The molecule has 2 aromatic rings. The Kier molecular flexibility index (Phi) is 5.26. The summed E-state index contributed by atoms with van der Waals surface area (Å²) in [5.74, 6) is -4.75. The summed E-state index contributed by atoms with van der Waals surface area (Å²) < 4.78 is 81.6. The minimum atomic E-state index is -3.62. The summed E-state index contributed by atoms with van der Waals surface area (Å²) >= 11 is 0. The molecule has 6 nitrogen and oxygen atoms in total. The van der Waals surface area contributed by atoms with E-state index in [1.807, 2.05) is 0 Å². The molecule has 0 aliphatic heterocycles. The number of aromatic nitrogens is 3. The van der Waals surface area contributed by atoms with Gasteiger partial charge in [-0.15, -0.1) is 0 Å². The molecule has 0 radical (unpaired) electrons. The van der Waals surface area contributed by atoms with Crippen molar-refractivity contribution in [1.29, 1.82) is 0 Å². The first-order valence-corrected chi connectivity index (χ1v) is 10.5. The van der Waals surface area contributed by atoms with Gasteiger partial charge in [-0.2, -0.15) is 9.40 Å². The number of hydrogen-bond acceptors (Lipinski definition) is 4. The van der Waals surface area contributed by atoms with Gasteiger partial charge in [0.2, 0.25) is 10.0 Å². The SMILES string of the molecule is CCCN(Cc1cc(F)c(C2(c3ncn[nH]3)CC(F)(F)C2)cc1F)S(C)(=O)=O. The fraction of sp³-hybridized carbons (Fsp3) is 0.529. The zero-order valence-electron chi connectivity index (χ0n) is 15.3. The number of sulfonamides is 1. The lowest BCUT2D eigenvalue weighted by Crippen LogP contribution is -2.51. The summed E-state index contributed by atoms with van der Waals surface area (Å²) in [5.41, 5.74) is -1.93. The number of H-pyrrole nitrogens is 1. The second-order valence-corrected chi connectivity index (χ2v) is 9.13. The number of nitrogens with zero attached hydrogens (tertiary/aromatic N) is 3. The molecule has 1 aromatic carbocycles. The minimum Gasteiger partial charge on any atom is -0.263 e. The molecular formula is C17H20F4N4O2S. The lowest BCUT2D eigenvalue weighted by molar-refractivity contribution is -0.116. The van der Waals surface area contributed by atoms with Crippen LogP contribution in [0.4, 0.5) is 17.6 Å². The van der Waals surface area contributed by atoms with Crippen LogP contribution in [0.2, 0.25) is 0 Å². The maximum Gasteiger partial charge on any atom is 0.250 e. The van der Waals surface area contributed by atoms with Crippen LogP contribution in [-0.2, 0) is 22.0 Å². The van der Waals surface area contributed by atoms with Crippen LogP contribution in [0.1, 0.15) is 43.1 Å². The molecule has 0 unspecified atom stereocenters. The Bertz CT molecular complexity index is 956. The minimum absolute atomic E-state index is 0.0354.